The van der Waals surface area contributed by atoms with Crippen LogP contribution < -0.4 is 0 Å². The quantitative estimate of drug-likeness (QED) is 0.412. The van der Waals surface area contributed by atoms with Crippen molar-refractivity contribution in [2.24, 2.45) is 0 Å². The average Bonchev–Trinajstić information content (AvgIpc) is 3.18. The Balaban J connectivity index is 1.94. The van der Waals surface area contributed by atoms with Crippen LogP contribution in [0.2, 0.25) is 0 Å². The Labute approximate surface area is 129 Å². The summed E-state index contributed by atoms with van der Waals surface area (Å²) in [5, 5.41) is 12.9. The predicted molar refractivity (Wildman–Crippen MR) is 82.2 cm³/mol. The maximum Gasteiger partial charge on any atom is 0.274 e. The van der Waals surface area contributed by atoms with Crippen molar-refractivity contribution >= 4 is 22.8 Å². The summed E-state index contributed by atoms with van der Waals surface area (Å²) in [6.07, 6.45) is 3.17. The Bertz CT molecular complexity index is 824. The first-order valence-electron chi connectivity index (χ1n) is 6.48. The molecular weight excluding hydrogens is 302 g/mol. The minimum atomic E-state index is -0.424. The summed E-state index contributed by atoms with van der Waals surface area (Å²) in [5.41, 5.74) is 0.566. The van der Waals surface area contributed by atoms with Crippen LogP contribution in [0.1, 0.15) is 21.1 Å². The molecule has 0 aliphatic heterocycles. The van der Waals surface area contributed by atoms with Gasteiger partial charge < -0.3 is 4.57 Å². The number of nitro benzene ring substituents is 1. The van der Waals surface area contributed by atoms with Gasteiger partial charge in [0.1, 0.15) is 0 Å². The second-order valence-electron chi connectivity index (χ2n) is 4.57. The van der Waals surface area contributed by atoms with Crippen molar-refractivity contribution in [1.82, 2.24) is 9.55 Å². The molecular formula is C15H11N3O3S. The fourth-order valence-electron chi connectivity index (χ4n) is 2.17. The van der Waals surface area contributed by atoms with Crippen LogP contribution in [0, 0.1) is 10.1 Å². The van der Waals surface area contributed by atoms with Crippen molar-refractivity contribution < 1.29 is 9.72 Å². The number of carbonyl (C=O) groups is 1. The zero-order valence-corrected chi connectivity index (χ0v) is 12.2. The number of nitrogens with zero attached hydrogens (tertiary/aromatic N) is 3. The third-order valence-corrected chi connectivity index (χ3v) is 4.06. The number of nitro groups is 1. The number of imidazole rings is 1. The molecule has 110 valence electrons. The Morgan fingerprint density at radius 1 is 1.27 bits per heavy atom. The summed E-state index contributed by atoms with van der Waals surface area (Å²) in [6, 6.07) is 10.0. The molecule has 0 atom stereocenters. The van der Waals surface area contributed by atoms with Crippen molar-refractivity contribution in [1.29, 1.82) is 0 Å². The van der Waals surface area contributed by atoms with Gasteiger partial charge in [-0.15, -0.1) is 11.3 Å². The van der Waals surface area contributed by atoms with E-state index >= 15 is 0 Å². The summed E-state index contributed by atoms with van der Waals surface area (Å²) in [4.78, 5) is 27.7. The Kier molecular flexibility index (Phi) is 3.80. The molecule has 0 bridgehead atoms. The van der Waals surface area contributed by atoms with Crippen LogP contribution >= 0.6 is 11.3 Å². The second kappa shape index (κ2) is 5.90. The standard InChI is InChI=1S/C15H11N3O3S/c19-14(13-6-3-9-22-13)15-16-7-8-17(15)10-11-4-1-2-5-12(11)18(20)21/h1-9H,10H2. The molecule has 0 saturated heterocycles. The SMILES string of the molecule is O=C(c1cccs1)c1nccn1Cc1ccccc1[N+](=O)[O-]. The lowest BCUT2D eigenvalue weighted by atomic mass is 10.2. The topological polar surface area (TPSA) is 78.0 Å². The first-order valence-corrected chi connectivity index (χ1v) is 7.36. The molecule has 1 aromatic carbocycles. The fourth-order valence-corrected chi connectivity index (χ4v) is 2.83. The zero-order chi connectivity index (χ0) is 15.5. The maximum atomic E-state index is 12.4. The van der Waals surface area contributed by atoms with Crippen molar-refractivity contribution in [2.75, 3.05) is 0 Å². The summed E-state index contributed by atoms with van der Waals surface area (Å²) in [6.45, 7) is 0.226. The summed E-state index contributed by atoms with van der Waals surface area (Å²) >= 11 is 1.34. The molecule has 0 N–H and O–H groups in total. The lowest BCUT2D eigenvalue weighted by Gasteiger charge is -2.07. The number of hydrogen-bond acceptors (Lipinski definition) is 5. The molecule has 0 aliphatic rings. The molecule has 0 fully saturated rings. The number of hydrogen-bond donors (Lipinski definition) is 0. The van der Waals surface area contributed by atoms with Crippen LogP contribution in [0.15, 0.2) is 54.2 Å². The second-order valence-corrected chi connectivity index (χ2v) is 5.52. The number of aromatic nitrogens is 2. The molecule has 6 nitrogen and oxygen atoms in total. The van der Waals surface area contributed by atoms with E-state index in [2.05, 4.69) is 4.98 Å². The van der Waals surface area contributed by atoms with E-state index in [-0.39, 0.29) is 23.8 Å². The number of para-hydroxylation sites is 1. The highest BCUT2D eigenvalue weighted by Gasteiger charge is 2.19. The largest absolute Gasteiger partial charge is 0.323 e. The van der Waals surface area contributed by atoms with Crippen molar-refractivity contribution in [2.45, 2.75) is 6.54 Å². The maximum absolute atomic E-state index is 12.4. The van der Waals surface area contributed by atoms with Gasteiger partial charge in [0.25, 0.3) is 5.69 Å². The molecule has 0 aliphatic carbocycles. The van der Waals surface area contributed by atoms with Gasteiger partial charge in [-0.1, -0.05) is 24.3 Å². The van der Waals surface area contributed by atoms with Crippen LogP contribution in [0.25, 0.3) is 0 Å². The van der Waals surface area contributed by atoms with E-state index in [1.54, 1.807) is 41.1 Å². The minimum absolute atomic E-state index is 0.0331. The molecule has 0 unspecified atom stereocenters. The normalized spacial score (nSPS) is 10.5. The van der Waals surface area contributed by atoms with Gasteiger partial charge in [0.05, 0.1) is 16.3 Å². The Morgan fingerprint density at radius 2 is 2.09 bits per heavy atom. The molecule has 0 spiro atoms. The molecule has 2 heterocycles. The molecule has 3 aromatic rings. The van der Waals surface area contributed by atoms with Crippen LogP contribution in [-0.2, 0) is 6.54 Å². The van der Waals surface area contributed by atoms with Gasteiger partial charge in [0, 0.05) is 24.0 Å². The van der Waals surface area contributed by atoms with E-state index in [1.807, 2.05) is 5.38 Å². The monoisotopic (exact) mass is 313 g/mol. The van der Waals surface area contributed by atoms with Gasteiger partial charge in [-0.3, -0.25) is 14.9 Å². The van der Waals surface area contributed by atoms with E-state index in [4.69, 9.17) is 0 Å². The fraction of sp³-hybridized carbons (Fsp3) is 0.0667. The Morgan fingerprint density at radius 3 is 2.82 bits per heavy atom. The van der Waals surface area contributed by atoms with Gasteiger partial charge >= 0.3 is 0 Å². The summed E-state index contributed by atoms with van der Waals surface area (Å²) < 4.78 is 1.63. The van der Waals surface area contributed by atoms with E-state index in [9.17, 15) is 14.9 Å². The smallest absolute Gasteiger partial charge is 0.274 e. The third-order valence-electron chi connectivity index (χ3n) is 3.19. The van der Waals surface area contributed by atoms with Crippen LogP contribution in [0.3, 0.4) is 0 Å². The first-order chi connectivity index (χ1) is 10.7. The molecule has 22 heavy (non-hydrogen) atoms. The van der Waals surface area contributed by atoms with Crippen molar-refractivity contribution in [3.05, 3.63) is 80.6 Å². The zero-order valence-electron chi connectivity index (χ0n) is 11.4. The number of benzene rings is 1. The molecule has 3 rings (SSSR count). The van der Waals surface area contributed by atoms with Gasteiger partial charge in [-0.2, -0.15) is 0 Å². The number of thiophene rings is 1. The van der Waals surface area contributed by atoms with Crippen LogP contribution in [0.4, 0.5) is 5.69 Å². The number of carbonyl (C=O) groups excluding carboxylic acids is 1. The van der Waals surface area contributed by atoms with E-state index in [0.29, 0.717) is 10.4 Å². The summed E-state index contributed by atoms with van der Waals surface area (Å²) in [5.74, 6) is 0.0965. The number of ketones is 1. The molecule has 7 heteroatoms. The highest BCUT2D eigenvalue weighted by atomic mass is 32.1. The average molecular weight is 313 g/mol. The number of rotatable bonds is 5. The highest BCUT2D eigenvalue weighted by molar-refractivity contribution is 7.12. The van der Waals surface area contributed by atoms with Crippen molar-refractivity contribution in [3.63, 3.8) is 0 Å². The molecule has 2 aromatic heterocycles. The van der Waals surface area contributed by atoms with Gasteiger partial charge in [-0.05, 0) is 11.4 Å². The summed E-state index contributed by atoms with van der Waals surface area (Å²) in [7, 11) is 0. The van der Waals surface area contributed by atoms with Gasteiger partial charge in [0.15, 0.2) is 5.82 Å². The van der Waals surface area contributed by atoms with Crippen LogP contribution in [0.5, 0.6) is 0 Å². The third kappa shape index (κ3) is 2.66. The van der Waals surface area contributed by atoms with Gasteiger partial charge in [0.2, 0.25) is 5.78 Å². The minimum Gasteiger partial charge on any atom is -0.323 e. The molecule has 0 amide bonds. The van der Waals surface area contributed by atoms with E-state index in [1.165, 1.54) is 23.6 Å². The molecule has 0 saturated carbocycles. The van der Waals surface area contributed by atoms with Gasteiger partial charge in [-0.25, -0.2) is 4.98 Å². The first kappa shape index (κ1) is 14.2. The van der Waals surface area contributed by atoms with E-state index in [0.717, 1.165) is 0 Å². The lowest BCUT2D eigenvalue weighted by molar-refractivity contribution is -0.385. The lowest BCUT2D eigenvalue weighted by Crippen LogP contribution is -2.11. The van der Waals surface area contributed by atoms with Crippen LogP contribution in [-0.4, -0.2) is 20.3 Å². The van der Waals surface area contributed by atoms with E-state index < -0.39 is 4.92 Å². The highest BCUT2D eigenvalue weighted by Crippen LogP contribution is 2.20. The van der Waals surface area contributed by atoms with Crippen molar-refractivity contribution in [3.8, 4) is 0 Å². The molecule has 0 radical (unpaired) electrons. The predicted octanol–water partition coefficient (Wildman–Crippen LogP) is 3.13. The Hall–Kier alpha value is -2.80.